The van der Waals surface area contributed by atoms with Crippen LogP contribution in [0.2, 0.25) is 0 Å². The standard InChI is InChI=1S/C9H10.C5H12.C2H6O.CH3/c1-9-7-5-3-2-4-6-8-9;1-3-5-4-2;1-3-2;/h2-8H,1H3;3-5H2,1-2H3;1-2H3;1H3/b3-2-,4-2?,5-3?,6-4+,7-5+,8-6?,9-7?,9-8-;;;. The number of hydrogen-bond donors (Lipinski definition) is 0. The number of allylic oxidation sites excluding steroid dienone is 8. The Morgan fingerprint density at radius 3 is 1.78 bits per heavy atom. The predicted octanol–water partition coefficient (Wildman–Crippen LogP) is 5.52. The molecule has 0 aromatic carbocycles. The SMILES string of the molecule is CC1=C/C=C/C=C\C=C\1.CCCCC.COC.[CH3]. The molecule has 105 valence electrons. The number of methoxy groups -OCH3 is 1. The van der Waals surface area contributed by atoms with Crippen LogP contribution in [-0.2, 0) is 4.74 Å². The van der Waals surface area contributed by atoms with Crippen LogP contribution in [0.4, 0.5) is 0 Å². The third-order valence-electron chi connectivity index (χ3n) is 1.87. The molecule has 1 aliphatic rings. The van der Waals surface area contributed by atoms with E-state index in [0.717, 1.165) is 0 Å². The summed E-state index contributed by atoms with van der Waals surface area (Å²) in [5.41, 5.74) is 1.29. The van der Waals surface area contributed by atoms with E-state index in [4.69, 9.17) is 0 Å². The molecular formula is C17H31O. The van der Waals surface area contributed by atoms with Gasteiger partial charge in [0.25, 0.3) is 0 Å². The first kappa shape index (κ1) is 22.1. The lowest BCUT2D eigenvalue weighted by atomic mass is 10.2. The van der Waals surface area contributed by atoms with Crippen LogP contribution < -0.4 is 0 Å². The van der Waals surface area contributed by atoms with Gasteiger partial charge >= 0.3 is 0 Å². The highest BCUT2D eigenvalue weighted by atomic mass is 16.4. The zero-order chi connectivity index (χ0) is 13.4. The summed E-state index contributed by atoms with van der Waals surface area (Å²) in [4.78, 5) is 0. The van der Waals surface area contributed by atoms with Crippen LogP contribution in [0.5, 0.6) is 0 Å². The van der Waals surface area contributed by atoms with E-state index in [9.17, 15) is 0 Å². The average molecular weight is 251 g/mol. The minimum Gasteiger partial charge on any atom is -0.388 e. The molecule has 0 spiro atoms. The molecule has 0 bridgehead atoms. The van der Waals surface area contributed by atoms with Crippen molar-refractivity contribution in [3.05, 3.63) is 55.5 Å². The van der Waals surface area contributed by atoms with E-state index >= 15 is 0 Å². The lowest BCUT2D eigenvalue weighted by Crippen LogP contribution is -1.66. The Labute approximate surface area is 115 Å². The topological polar surface area (TPSA) is 9.23 Å². The first-order chi connectivity index (χ1) is 8.22. The highest BCUT2D eigenvalue weighted by molar-refractivity contribution is 5.29. The van der Waals surface area contributed by atoms with Crippen LogP contribution in [0, 0.1) is 7.43 Å². The Morgan fingerprint density at radius 1 is 0.889 bits per heavy atom. The van der Waals surface area contributed by atoms with Crippen LogP contribution >= 0.6 is 0 Å². The molecule has 1 radical (unpaired) electrons. The van der Waals surface area contributed by atoms with E-state index in [1.807, 2.05) is 30.4 Å². The minimum atomic E-state index is 0. The molecule has 0 atom stereocenters. The number of hydrogen-bond acceptors (Lipinski definition) is 1. The molecule has 0 heterocycles. The van der Waals surface area contributed by atoms with Gasteiger partial charge in [0.2, 0.25) is 0 Å². The molecule has 0 aromatic rings. The summed E-state index contributed by atoms with van der Waals surface area (Å²) in [5, 5.41) is 0. The predicted molar refractivity (Wildman–Crippen MR) is 85.7 cm³/mol. The maximum Gasteiger partial charge on any atom is 0.0351 e. The molecule has 0 aliphatic heterocycles. The number of rotatable bonds is 2. The Morgan fingerprint density at radius 2 is 1.33 bits per heavy atom. The summed E-state index contributed by atoms with van der Waals surface area (Å²) in [7, 11) is 3.25. The summed E-state index contributed by atoms with van der Waals surface area (Å²) in [6.45, 7) is 6.51. The third kappa shape index (κ3) is 24.2. The second-order valence-corrected chi connectivity index (χ2v) is 3.80. The maximum atomic E-state index is 4.25. The van der Waals surface area contributed by atoms with Crippen LogP contribution in [-0.4, -0.2) is 14.2 Å². The van der Waals surface area contributed by atoms with Gasteiger partial charge in [-0.2, -0.15) is 0 Å². The smallest absolute Gasteiger partial charge is 0.0351 e. The van der Waals surface area contributed by atoms with Gasteiger partial charge in [-0.15, -0.1) is 0 Å². The molecule has 0 unspecified atom stereocenters. The van der Waals surface area contributed by atoms with Gasteiger partial charge in [0.1, 0.15) is 0 Å². The molecule has 1 rings (SSSR count). The molecule has 1 nitrogen and oxygen atoms in total. The molecule has 18 heavy (non-hydrogen) atoms. The molecule has 0 fully saturated rings. The highest BCUT2D eigenvalue weighted by Gasteiger charge is 1.77. The van der Waals surface area contributed by atoms with Crippen LogP contribution in [0.15, 0.2) is 48.1 Å². The van der Waals surface area contributed by atoms with Crippen molar-refractivity contribution in [2.45, 2.75) is 40.0 Å². The van der Waals surface area contributed by atoms with Gasteiger partial charge in [-0.3, -0.25) is 0 Å². The van der Waals surface area contributed by atoms with Crippen molar-refractivity contribution in [3.8, 4) is 0 Å². The largest absolute Gasteiger partial charge is 0.388 e. The summed E-state index contributed by atoms with van der Waals surface area (Å²) >= 11 is 0. The summed E-state index contributed by atoms with van der Waals surface area (Å²) in [6.07, 6.45) is 18.4. The van der Waals surface area contributed by atoms with Crippen LogP contribution in [0.25, 0.3) is 0 Å². The molecule has 0 saturated carbocycles. The van der Waals surface area contributed by atoms with Crippen molar-refractivity contribution in [2.24, 2.45) is 0 Å². The average Bonchev–Trinajstić information content (AvgIpc) is 2.27. The zero-order valence-corrected chi connectivity index (χ0v) is 13.1. The van der Waals surface area contributed by atoms with Gasteiger partial charge in [-0.05, 0) is 6.92 Å². The fraction of sp³-hybridized carbons (Fsp3) is 0.471. The Balaban J connectivity index is -0.000000216. The molecule has 0 amide bonds. The zero-order valence-electron chi connectivity index (χ0n) is 13.1. The van der Waals surface area contributed by atoms with Crippen LogP contribution in [0.3, 0.4) is 0 Å². The lowest BCUT2D eigenvalue weighted by molar-refractivity contribution is 0.277. The summed E-state index contributed by atoms with van der Waals surface area (Å²) in [5.74, 6) is 0. The van der Waals surface area contributed by atoms with E-state index in [-0.39, 0.29) is 7.43 Å². The highest BCUT2D eigenvalue weighted by Crippen LogP contribution is 1.98. The van der Waals surface area contributed by atoms with Gasteiger partial charge in [0.15, 0.2) is 0 Å². The van der Waals surface area contributed by atoms with Crippen molar-refractivity contribution in [1.82, 2.24) is 0 Å². The van der Waals surface area contributed by atoms with Crippen molar-refractivity contribution < 1.29 is 4.74 Å². The van der Waals surface area contributed by atoms with Gasteiger partial charge in [0.05, 0.1) is 0 Å². The van der Waals surface area contributed by atoms with Crippen molar-refractivity contribution in [2.75, 3.05) is 14.2 Å². The molecule has 0 aromatic heterocycles. The van der Waals surface area contributed by atoms with Gasteiger partial charge in [-0.25, -0.2) is 0 Å². The second-order valence-electron chi connectivity index (χ2n) is 3.80. The number of unbranched alkanes of at least 4 members (excludes halogenated alkanes) is 2. The third-order valence-corrected chi connectivity index (χ3v) is 1.87. The summed E-state index contributed by atoms with van der Waals surface area (Å²) < 4.78 is 4.25. The second kappa shape index (κ2) is 21.2. The van der Waals surface area contributed by atoms with Crippen LogP contribution in [0.1, 0.15) is 40.0 Å². The van der Waals surface area contributed by atoms with Crippen molar-refractivity contribution >= 4 is 0 Å². The van der Waals surface area contributed by atoms with Gasteiger partial charge in [0, 0.05) is 14.2 Å². The van der Waals surface area contributed by atoms with Gasteiger partial charge < -0.3 is 4.74 Å². The van der Waals surface area contributed by atoms with Gasteiger partial charge in [-0.1, -0.05) is 88.6 Å². The lowest BCUT2D eigenvalue weighted by Gasteiger charge is -1.87. The fourth-order valence-electron chi connectivity index (χ4n) is 1.02. The number of ether oxygens (including phenoxy) is 1. The summed E-state index contributed by atoms with van der Waals surface area (Å²) in [6, 6.07) is 0. The quantitative estimate of drug-likeness (QED) is 0.627. The molecule has 1 heteroatoms. The van der Waals surface area contributed by atoms with Crippen molar-refractivity contribution in [1.29, 1.82) is 0 Å². The van der Waals surface area contributed by atoms with E-state index < -0.39 is 0 Å². The first-order valence-electron chi connectivity index (χ1n) is 6.31. The molecule has 0 N–H and O–H groups in total. The Kier molecular flexibility index (Phi) is 26.1. The maximum absolute atomic E-state index is 4.25. The normalized spacial score (nSPS) is 19.9. The fourth-order valence-corrected chi connectivity index (χ4v) is 1.02. The molecule has 1 aliphatic carbocycles. The van der Waals surface area contributed by atoms with E-state index in [1.54, 1.807) is 14.2 Å². The minimum absolute atomic E-state index is 0. The first-order valence-corrected chi connectivity index (χ1v) is 6.31. The van der Waals surface area contributed by atoms with E-state index in [0.29, 0.717) is 0 Å². The van der Waals surface area contributed by atoms with Crippen molar-refractivity contribution in [3.63, 3.8) is 0 Å². The van der Waals surface area contributed by atoms with E-state index in [1.165, 1.54) is 24.8 Å². The Hall–Kier alpha value is -1.08. The molecular weight excluding hydrogens is 220 g/mol. The Bertz CT molecular complexity index is 242. The van der Waals surface area contributed by atoms with E-state index in [2.05, 4.69) is 37.7 Å². The molecule has 0 saturated heterocycles. The monoisotopic (exact) mass is 251 g/mol.